The molecule has 0 amide bonds. The summed E-state index contributed by atoms with van der Waals surface area (Å²) in [4.78, 5) is 4.62. The second kappa shape index (κ2) is 7.98. The van der Waals surface area contributed by atoms with E-state index in [1.54, 1.807) is 30.5 Å². The van der Waals surface area contributed by atoms with Crippen molar-refractivity contribution in [3.63, 3.8) is 0 Å². The Morgan fingerprint density at radius 2 is 1.36 bits per heavy atom. The molecule has 0 aliphatic carbocycles. The lowest BCUT2D eigenvalue weighted by molar-refractivity contribution is 0.601. The quantitative estimate of drug-likeness (QED) is 0.585. The van der Waals surface area contributed by atoms with Gasteiger partial charge in [0.1, 0.15) is 0 Å². The minimum absolute atomic E-state index is 0.209. The summed E-state index contributed by atoms with van der Waals surface area (Å²) >= 11 is 0. The zero-order valence-corrected chi connectivity index (χ0v) is 17.3. The van der Waals surface area contributed by atoms with E-state index >= 15 is 0 Å². The molecule has 0 atom stereocenters. The summed E-state index contributed by atoms with van der Waals surface area (Å²) in [5.41, 5.74) is 6.43. The number of sulfonamides is 1. The van der Waals surface area contributed by atoms with Crippen LogP contribution in [0, 0.1) is 27.7 Å². The van der Waals surface area contributed by atoms with Gasteiger partial charge in [-0.1, -0.05) is 47.5 Å². The maximum atomic E-state index is 12.8. The van der Waals surface area contributed by atoms with Crippen LogP contribution in [0.4, 0.5) is 11.4 Å². The fourth-order valence-electron chi connectivity index (χ4n) is 3.05. The van der Waals surface area contributed by atoms with Crippen LogP contribution in [0.5, 0.6) is 0 Å². The Labute approximate surface area is 167 Å². The number of aliphatic imine (C=N–C) groups is 1. The molecule has 3 rings (SSSR count). The van der Waals surface area contributed by atoms with Crippen LogP contribution in [-0.2, 0) is 10.0 Å². The Hall–Kier alpha value is -2.92. The second-order valence-electron chi connectivity index (χ2n) is 7.04. The van der Waals surface area contributed by atoms with Crippen LogP contribution in [0.3, 0.4) is 0 Å². The number of nitrogens with zero attached hydrogens (tertiary/aromatic N) is 1. The van der Waals surface area contributed by atoms with Crippen molar-refractivity contribution in [1.82, 2.24) is 0 Å². The molecule has 0 unspecified atom stereocenters. The van der Waals surface area contributed by atoms with Crippen molar-refractivity contribution in [3.05, 3.63) is 88.5 Å². The molecule has 1 N–H and O–H groups in total. The number of nitrogens with one attached hydrogen (secondary N) is 1. The van der Waals surface area contributed by atoms with E-state index in [9.17, 15) is 8.42 Å². The van der Waals surface area contributed by atoms with E-state index in [1.807, 2.05) is 64.1 Å². The van der Waals surface area contributed by atoms with E-state index in [-0.39, 0.29) is 4.90 Å². The van der Waals surface area contributed by atoms with E-state index in [1.165, 1.54) is 5.56 Å². The molecule has 144 valence electrons. The molecule has 3 aromatic carbocycles. The van der Waals surface area contributed by atoms with Crippen molar-refractivity contribution in [3.8, 4) is 0 Å². The molecule has 0 heterocycles. The van der Waals surface area contributed by atoms with Crippen molar-refractivity contribution in [1.29, 1.82) is 0 Å². The van der Waals surface area contributed by atoms with Crippen LogP contribution in [0.1, 0.15) is 27.8 Å². The first-order valence-corrected chi connectivity index (χ1v) is 10.5. The normalized spacial score (nSPS) is 11.7. The molecule has 3 aromatic rings. The summed E-state index contributed by atoms with van der Waals surface area (Å²) in [6.45, 7) is 7.84. The van der Waals surface area contributed by atoms with Crippen LogP contribution in [-0.4, -0.2) is 14.6 Å². The van der Waals surface area contributed by atoms with E-state index in [4.69, 9.17) is 0 Å². The van der Waals surface area contributed by atoms with Gasteiger partial charge >= 0.3 is 0 Å². The Morgan fingerprint density at radius 1 is 0.786 bits per heavy atom. The monoisotopic (exact) mass is 392 g/mol. The number of benzene rings is 3. The molecule has 28 heavy (non-hydrogen) atoms. The van der Waals surface area contributed by atoms with Gasteiger partial charge in [0.25, 0.3) is 10.0 Å². The summed E-state index contributed by atoms with van der Waals surface area (Å²) in [5, 5.41) is 0. The van der Waals surface area contributed by atoms with E-state index < -0.39 is 10.0 Å². The average Bonchev–Trinajstić information content (AvgIpc) is 2.65. The highest BCUT2D eigenvalue weighted by molar-refractivity contribution is 7.92. The molecule has 0 saturated heterocycles. The van der Waals surface area contributed by atoms with Crippen molar-refractivity contribution in [2.75, 3.05) is 4.72 Å². The first kappa shape index (κ1) is 19.8. The van der Waals surface area contributed by atoms with Gasteiger partial charge in [0.2, 0.25) is 0 Å². The molecule has 0 bridgehead atoms. The SMILES string of the molecule is Cc1ccc(C=Nc2ccc(S(=O)(=O)Nc3c(C)cc(C)cc3C)cc2)cc1. The topological polar surface area (TPSA) is 58.5 Å². The molecule has 4 nitrogen and oxygen atoms in total. The van der Waals surface area contributed by atoms with E-state index in [0.717, 1.165) is 22.3 Å². The summed E-state index contributed by atoms with van der Waals surface area (Å²) in [6, 6.07) is 18.5. The summed E-state index contributed by atoms with van der Waals surface area (Å²) in [6.07, 6.45) is 1.76. The first-order valence-electron chi connectivity index (χ1n) is 9.06. The molecule has 0 aromatic heterocycles. The number of aryl methyl sites for hydroxylation is 4. The van der Waals surface area contributed by atoms with E-state index in [0.29, 0.717) is 11.4 Å². The molecule has 5 heteroatoms. The molecule has 0 aliphatic heterocycles. The largest absolute Gasteiger partial charge is 0.279 e. The van der Waals surface area contributed by atoms with Gasteiger partial charge in [0.05, 0.1) is 16.3 Å². The van der Waals surface area contributed by atoms with Gasteiger partial charge in [-0.3, -0.25) is 9.71 Å². The number of hydrogen-bond acceptors (Lipinski definition) is 3. The Balaban J connectivity index is 1.79. The lowest BCUT2D eigenvalue weighted by atomic mass is 10.1. The average molecular weight is 393 g/mol. The predicted octanol–water partition coefficient (Wildman–Crippen LogP) is 5.47. The van der Waals surface area contributed by atoms with Gasteiger partial charge in [0, 0.05) is 6.21 Å². The predicted molar refractivity (Wildman–Crippen MR) is 116 cm³/mol. The molecule has 0 fully saturated rings. The van der Waals surface area contributed by atoms with Crippen LogP contribution in [0.25, 0.3) is 0 Å². The maximum Gasteiger partial charge on any atom is 0.261 e. The third-order valence-electron chi connectivity index (χ3n) is 4.50. The summed E-state index contributed by atoms with van der Waals surface area (Å²) in [7, 11) is -3.66. The third kappa shape index (κ3) is 4.67. The van der Waals surface area contributed by atoms with Crippen molar-refractivity contribution >= 4 is 27.6 Å². The smallest absolute Gasteiger partial charge is 0.261 e. The van der Waals surface area contributed by atoms with Gasteiger partial charge in [-0.2, -0.15) is 0 Å². The van der Waals surface area contributed by atoms with Crippen LogP contribution in [0.2, 0.25) is 0 Å². The second-order valence-corrected chi connectivity index (χ2v) is 8.72. The molecular weight excluding hydrogens is 368 g/mol. The minimum Gasteiger partial charge on any atom is -0.279 e. The Bertz CT molecular complexity index is 1090. The van der Waals surface area contributed by atoms with Gasteiger partial charge in [0.15, 0.2) is 0 Å². The van der Waals surface area contributed by atoms with Crippen molar-refractivity contribution in [2.45, 2.75) is 32.6 Å². The first-order chi connectivity index (χ1) is 13.2. The molecular formula is C23H24N2O2S. The third-order valence-corrected chi connectivity index (χ3v) is 5.87. The highest BCUT2D eigenvalue weighted by Gasteiger charge is 2.16. The van der Waals surface area contributed by atoms with E-state index in [2.05, 4.69) is 9.71 Å². The molecule has 0 saturated carbocycles. The molecule has 0 spiro atoms. The lowest BCUT2D eigenvalue weighted by Gasteiger charge is -2.14. The van der Waals surface area contributed by atoms with Gasteiger partial charge in [-0.15, -0.1) is 0 Å². The summed E-state index contributed by atoms with van der Waals surface area (Å²) in [5.74, 6) is 0. The lowest BCUT2D eigenvalue weighted by Crippen LogP contribution is -2.14. The molecule has 0 aliphatic rings. The van der Waals surface area contributed by atoms with Crippen LogP contribution < -0.4 is 4.72 Å². The van der Waals surface area contributed by atoms with Gasteiger partial charge < -0.3 is 0 Å². The molecule has 0 radical (unpaired) electrons. The number of anilines is 1. The van der Waals surface area contributed by atoms with Crippen LogP contribution >= 0.6 is 0 Å². The number of rotatable bonds is 5. The van der Waals surface area contributed by atoms with Crippen molar-refractivity contribution < 1.29 is 8.42 Å². The Morgan fingerprint density at radius 3 is 1.93 bits per heavy atom. The number of hydrogen-bond donors (Lipinski definition) is 1. The zero-order valence-electron chi connectivity index (χ0n) is 16.5. The van der Waals surface area contributed by atoms with Crippen molar-refractivity contribution in [2.24, 2.45) is 4.99 Å². The standard InChI is InChI=1S/C23H24N2O2S/c1-16-5-7-20(8-6-16)15-24-21-9-11-22(12-10-21)28(26,27)25-23-18(3)13-17(2)14-19(23)4/h5-15,25H,1-4H3. The maximum absolute atomic E-state index is 12.8. The minimum atomic E-state index is -3.66. The summed E-state index contributed by atoms with van der Waals surface area (Å²) < 4.78 is 28.2. The highest BCUT2D eigenvalue weighted by Crippen LogP contribution is 2.26. The van der Waals surface area contributed by atoms with Crippen LogP contribution in [0.15, 0.2) is 70.6 Å². The van der Waals surface area contributed by atoms with Gasteiger partial charge in [-0.05, 0) is 68.7 Å². The fraction of sp³-hybridized carbons (Fsp3) is 0.174. The highest BCUT2D eigenvalue weighted by atomic mass is 32.2. The zero-order chi connectivity index (χ0) is 20.3. The van der Waals surface area contributed by atoms with Gasteiger partial charge in [-0.25, -0.2) is 8.42 Å². The fourth-order valence-corrected chi connectivity index (χ4v) is 4.25. The Kier molecular flexibility index (Phi) is 5.66.